The highest BCUT2D eigenvalue weighted by molar-refractivity contribution is 5.98. The minimum atomic E-state index is -4.79. The molecular formula is C21H23F3N2O. The smallest absolute Gasteiger partial charge is 0.405 e. The number of para-hydroxylation sites is 1. The van der Waals surface area contributed by atoms with Crippen molar-refractivity contribution in [2.45, 2.75) is 38.0 Å². The molecule has 0 saturated heterocycles. The molecule has 1 N–H and O–H groups in total. The van der Waals surface area contributed by atoms with Crippen LogP contribution >= 0.6 is 0 Å². The third kappa shape index (κ3) is 4.26. The van der Waals surface area contributed by atoms with E-state index in [-0.39, 0.29) is 22.6 Å². The van der Waals surface area contributed by atoms with E-state index in [0.29, 0.717) is 6.54 Å². The van der Waals surface area contributed by atoms with Gasteiger partial charge in [0.1, 0.15) is 11.6 Å². The lowest BCUT2D eigenvalue weighted by Crippen LogP contribution is -2.46. The van der Waals surface area contributed by atoms with Crippen LogP contribution in [-0.2, 0) is 5.41 Å². The summed E-state index contributed by atoms with van der Waals surface area (Å²) >= 11 is 0. The van der Waals surface area contributed by atoms with Crippen LogP contribution in [0.5, 0.6) is 5.75 Å². The highest BCUT2D eigenvalue weighted by atomic mass is 19.4. The van der Waals surface area contributed by atoms with E-state index in [4.69, 9.17) is 5.41 Å². The van der Waals surface area contributed by atoms with Crippen molar-refractivity contribution in [3.05, 3.63) is 65.2 Å². The van der Waals surface area contributed by atoms with Crippen LogP contribution in [0.15, 0.2) is 48.5 Å². The molecule has 0 amide bonds. The molecule has 1 saturated carbocycles. The number of hydrogen-bond acceptors (Lipinski definition) is 2. The predicted molar refractivity (Wildman–Crippen MR) is 99.3 cm³/mol. The summed E-state index contributed by atoms with van der Waals surface area (Å²) in [6.07, 6.45) is -1.66. The van der Waals surface area contributed by atoms with E-state index in [0.717, 1.165) is 19.3 Å². The molecule has 0 heterocycles. The molecule has 1 aliphatic rings. The number of aryl methyl sites for hydroxylation is 1. The summed E-state index contributed by atoms with van der Waals surface area (Å²) in [7, 11) is 1.75. The molecule has 3 nitrogen and oxygen atoms in total. The lowest BCUT2D eigenvalue weighted by atomic mass is 9.64. The Hall–Kier alpha value is -2.50. The Labute approximate surface area is 157 Å². The molecule has 1 fully saturated rings. The number of nitrogens with one attached hydrogen (secondary N) is 1. The van der Waals surface area contributed by atoms with E-state index in [2.05, 4.69) is 29.0 Å². The van der Waals surface area contributed by atoms with Gasteiger partial charge in [-0.3, -0.25) is 5.41 Å². The summed E-state index contributed by atoms with van der Waals surface area (Å²) in [5, 5.41) is 8.44. The second kappa shape index (κ2) is 7.25. The maximum atomic E-state index is 12.7. The molecule has 0 spiro atoms. The maximum absolute atomic E-state index is 12.7. The van der Waals surface area contributed by atoms with Crippen LogP contribution < -0.4 is 4.74 Å². The normalized spacial score (nSPS) is 15.7. The molecular weight excluding hydrogens is 353 g/mol. The number of ether oxygens (including phenoxy) is 1. The molecule has 0 atom stereocenters. The van der Waals surface area contributed by atoms with Crippen LogP contribution in [0.4, 0.5) is 13.2 Å². The zero-order chi connectivity index (χ0) is 19.7. The second-order valence-corrected chi connectivity index (χ2v) is 7.25. The minimum Gasteiger partial charge on any atom is -0.405 e. The Morgan fingerprint density at radius 2 is 1.74 bits per heavy atom. The van der Waals surface area contributed by atoms with Crippen molar-refractivity contribution in [3.63, 3.8) is 0 Å². The Kier molecular flexibility index (Phi) is 5.18. The zero-order valence-corrected chi connectivity index (χ0v) is 15.4. The second-order valence-electron chi connectivity index (χ2n) is 7.25. The number of likely N-dealkylation sites (N-methyl/N-ethyl adjacent to an activating group) is 1. The van der Waals surface area contributed by atoms with E-state index in [1.807, 2.05) is 6.92 Å². The molecule has 6 heteroatoms. The summed E-state index contributed by atoms with van der Waals surface area (Å²) in [6, 6.07) is 14.2. The first kappa shape index (κ1) is 19.3. The SMILES string of the molecule is Cc1ccc(C2(CN(C)C(=N)c3ccccc3OC(F)(F)F)CCC2)cc1. The van der Waals surface area contributed by atoms with Crippen LogP contribution in [0.2, 0.25) is 0 Å². The van der Waals surface area contributed by atoms with Gasteiger partial charge in [-0.15, -0.1) is 13.2 Å². The third-order valence-electron chi connectivity index (χ3n) is 5.26. The van der Waals surface area contributed by atoms with Crippen LogP contribution in [0.3, 0.4) is 0 Å². The Balaban J connectivity index is 1.81. The van der Waals surface area contributed by atoms with E-state index in [9.17, 15) is 13.2 Å². The van der Waals surface area contributed by atoms with E-state index >= 15 is 0 Å². The van der Waals surface area contributed by atoms with Crippen LogP contribution in [0.25, 0.3) is 0 Å². The maximum Gasteiger partial charge on any atom is 0.573 e. The molecule has 0 aromatic heterocycles. The molecule has 0 unspecified atom stereocenters. The molecule has 1 aliphatic carbocycles. The van der Waals surface area contributed by atoms with Gasteiger partial charge in [0, 0.05) is 19.0 Å². The van der Waals surface area contributed by atoms with Crippen LogP contribution in [0, 0.1) is 12.3 Å². The largest absolute Gasteiger partial charge is 0.573 e. The number of halogens is 3. The fourth-order valence-electron chi connectivity index (χ4n) is 3.66. The van der Waals surface area contributed by atoms with Gasteiger partial charge in [0.25, 0.3) is 0 Å². The van der Waals surface area contributed by atoms with Gasteiger partial charge in [-0.1, -0.05) is 48.4 Å². The first-order valence-corrected chi connectivity index (χ1v) is 8.92. The van der Waals surface area contributed by atoms with Gasteiger partial charge in [0.15, 0.2) is 0 Å². The summed E-state index contributed by atoms with van der Waals surface area (Å²) in [5.41, 5.74) is 2.48. The first-order chi connectivity index (χ1) is 12.7. The molecule has 2 aromatic rings. The van der Waals surface area contributed by atoms with Crippen molar-refractivity contribution >= 4 is 5.84 Å². The van der Waals surface area contributed by atoms with Gasteiger partial charge >= 0.3 is 6.36 Å². The summed E-state index contributed by atoms with van der Waals surface area (Å²) in [4.78, 5) is 1.72. The third-order valence-corrected chi connectivity index (χ3v) is 5.26. The number of hydrogen-bond donors (Lipinski definition) is 1. The zero-order valence-electron chi connectivity index (χ0n) is 15.4. The molecule has 0 aliphatic heterocycles. The summed E-state index contributed by atoms with van der Waals surface area (Å²) in [5.74, 6) is -0.326. The number of alkyl halides is 3. The van der Waals surface area contributed by atoms with Crippen molar-refractivity contribution in [1.29, 1.82) is 5.41 Å². The van der Waals surface area contributed by atoms with Crippen molar-refractivity contribution in [2.75, 3.05) is 13.6 Å². The molecule has 0 bridgehead atoms. The van der Waals surface area contributed by atoms with Crippen molar-refractivity contribution in [1.82, 2.24) is 4.90 Å². The number of amidine groups is 1. The number of rotatable bonds is 5. The Morgan fingerprint density at radius 3 is 2.30 bits per heavy atom. The van der Waals surface area contributed by atoms with Crippen LogP contribution in [0.1, 0.15) is 36.0 Å². The lowest BCUT2D eigenvalue weighted by Gasteiger charge is -2.45. The molecule has 27 heavy (non-hydrogen) atoms. The van der Waals surface area contributed by atoms with Gasteiger partial charge in [0.2, 0.25) is 0 Å². The van der Waals surface area contributed by atoms with Crippen molar-refractivity contribution in [2.24, 2.45) is 0 Å². The van der Waals surface area contributed by atoms with Gasteiger partial charge in [-0.05, 0) is 37.5 Å². The highest BCUT2D eigenvalue weighted by Gasteiger charge is 2.40. The van der Waals surface area contributed by atoms with Crippen LogP contribution in [-0.4, -0.2) is 30.7 Å². The van der Waals surface area contributed by atoms with Gasteiger partial charge < -0.3 is 9.64 Å². The molecule has 3 rings (SSSR count). The predicted octanol–water partition coefficient (Wildman–Crippen LogP) is 5.27. The van der Waals surface area contributed by atoms with Crippen molar-refractivity contribution in [3.8, 4) is 5.75 Å². The van der Waals surface area contributed by atoms with Gasteiger partial charge in [-0.2, -0.15) is 0 Å². The fourth-order valence-corrected chi connectivity index (χ4v) is 3.66. The first-order valence-electron chi connectivity index (χ1n) is 8.92. The molecule has 144 valence electrons. The molecule has 0 radical (unpaired) electrons. The average Bonchev–Trinajstić information content (AvgIpc) is 2.57. The van der Waals surface area contributed by atoms with E-state index < -0.39 is 6.36 Å². The number of nitrogens with zero attached hydrogens (tertiary/aromatic N) is 1. The van der Waals surface area contributed by atoms with E-state index in [1.54, 1.807) is 18.0 Å². The van der Waals surface area contributed by atoms with Gasteiger partial charge in [-0.25, -0.2) is 0 Å². The Morgan fingerprint density at radius 1 is 1.11 bits per heavy atom. The highest BCUT2D eigenvalue weighted by Crippen LogP contribution is 2.44. The fraction of sp³-hybridized carbons (Fsp3) is 0.381. The quantitative estimate of drug-likeness (QED) is 0.570. The monoisotopic (exact) mass is 376 g/mol. The van der Waals surface area contributed by atoms with E-state index in [1.165, 1.54) is 29.3 Å². The Bertz CT molecular complexity index is 811. The minimum absolute atomic E-state index is 0.0215. The average molecular weight is 376 g/mol. The summed E-state index contributed by atoms with van der Waals surface area (Å²) in [6.45, 7) is 2.62. The topological polar surface area (TPSA) is 36.3 Å². The lowest BCUT2D eigenvalue weighted by molar-refractivity contribution is -0.274. The summed E-state index contributed by atoms with van der Waals surface area (Å²) < 4.78 is 42.1. The van der Waals surface area contributed by atoms with Crippen molar-refractivity contribution < 1.29 is 17.9 Å². The standard InChI is InChI=1S/C21H23F3N2O/c1-15-8-10-16(11-9-15)20(12-5-13-20)14-26(2)19(25)17-6-3-4-7-18(17)27-21(22,23)24/h3-4,6-11,25H,5,12-14H2,1-2H3. The van der Waals surface area contributed by atoms with Gasteiger partial charge in [0.05, 0.1) is 5.56 Å². The molecule has 2 aromatic carbocycles. The number of benzene rings is 2.